The molecular formula is C19H18F3NO4S. The van der Waals surface area contributed by atoms with Crippen LogP contribution in [0.5, 0.6) is 0 Å². The number of amides is 1. The Morgan fingerprint density at radius 2 is 1.75 bits per heavy atom. The standard InChI is InChI=1S/C19H18F3NO4S/c20-19(21,22)14-6-4-5-13(11-14)12-17(24)23-16(18(25)26)9-10-28(27)15-7-2-1-3-8-15/h1-8,11,16H,9-10,12H2,(H,23,24)(H,25,26)/t16-,28+/m0/s1. The summed E-state index contributed by atoms with van der Waals surface area (Å²) in [4.78, 5) is 24.0. The molecule has 0 aromatic heterocycles. The largest absolute Gasteiger partial charge is 0.480 e. The fourth-order valence-electron chi connectivity index (χ4n) is 2.46. The number of rotatable bonds is 8. The van der Waals surface area contributed by atoms with E-state index >= 15 is 0 Å². The van der Waals surface area contributed by atoms with Crippen molar-refractivity contribution in [3.8, 4) is 0 Å². The second kappa shape index (κ2) is 9.50. The van der Waals surface area contributed by atoms with Crippen LogP contribution in [0.15, 0.2) is 59.5 Å². The van der Waals surface area contributed by atoms with Gasteiger partial charge in [-0.05, 0) is 30.2 Å². The van der Waals surface area contributed by atoms with Crippen LogP contribution in [-0.4, -0.2) is 33.0 Å². The van der Waals surface area contributed by atoms with Gasteiger partial charge in [0.1, 0.15) is 6.04 Å². The third kappa shape index (κ3) is 6.49. The molecule has 0 aliphatic heterocycles. The number of carbonyl (C=O) groups is 2. The molecule has 2 N–H and O–H groups in total. The van der Waals surface area contributed by atoms with E-state index in [2.05, 4.69) is 5.32 Å². The van der Waals surface area contributed by atoms with E-state index in [0.717, 1.165) is 12.1 Å². The summed E-state index contributed by atoms with van der Waals surface area (Å²) in [5, 5.41) is 11.5. The Bertz CT molecular complexity index is 856. The van der Waals surface area contributed by atoms with Crippen LogP contribution >= 0.6 is 0 Å². The quantitative estimate of drug-likeness (QED) is 0.697. The van der Waals surface area contributed by atoms with Gasteiger partial charge >= 0.3 is 12.1 Å². The second-order valence-corrected chi connectivity index (χ2v) is 7.56. The van der Waals surface area contributed by atoms with Crippen LogP contribution in [0.2, 0.25) is 0 Å². The summed E-state index contributed by atoms with van der Waals surface area (Å²) in [6.07, 6.45) is -5.00. The summed E-state index contributed by atoms with van der Waals surface area (Å²) >= 11 is 0. The lowest BCUT2D eigenvalue weighted by molar-refractivity contribution is -0.141. The molecule has 0 radical (unpaired) electrons. The zero-order chi connectivity index (χ0) is 20.7. The van der Waals surface area contributed by atoms with Gasteiger partial charge in [-0.1, -0.05) is 36.4 Å². The maximum Gasteiger partial charge on any atom is 0.416 e. The van der Waals surface area contributed by atoms with Gasteiger partial charge in [-0.25, -0.2) is 4.79 Å². The molecule has 2 aromatic carbocycles. The third-order valence-corrected chi connectivity index (χ3v) is 5.25. The fourth-order valence-corrected chi connectivity index (χ4v) is 3.61. The highest BCUT2D eigenvalue weighted by molar-refractivity contribution is 7.85. The van der Waals surface area contributed by atoms with Crippen molar-refractivity contribution in [3.05, 3.63) is 65.7 Å². The van der Waals surface area contributed by atoms with Gasteiger partial charge in [0.25, 0.3) is 0 Å². The van der Waals surface area contributed by atoms with Crippen LogP contribution in [0, 0.1) is 0 Å². The van der Waals surface area contributed by atoms with Crippen LogP contribution in [0.25, 0.3) is 0 Å². The first-order valence-electron chi connectivity index (χ1n) is 8.28. The number of halogens is 3. The summed E-state index contributed by atoms with van der Waals surface area (Å²) in [5.74, 6) is -2.01. The smallest absolute Gasteiger partial charge is 0.416 e. The molecule has 0 heterocycles. The Kier molecular flexibility index (Phi) is 7.33. The minimum absolute atomic E-state index is 0.0187. The topological polar surface area (TPSA) is 83.5 Å². The Morgan fingerprint density at radius 3 is 2.36 bits per heavy atom. The molecule has 9 heteroatoms. The number of carboxylic acids is 1. The summed E-state index contributed by atoms with van der Waals surface area (Å²) < 4.78 is 50.4. The number of alkyl halides is 3. The molecule has 0 unspecified atom stereocenters. The van der Waals surface area contributed by atoms with Crippen molar-refractivity contribution in [2.75, 3.05) is 5.75 Å². The predicted octanol–water partition coefficient (Wildman–Crippen LogP) is 3.02. The van der Waals surface area contributed by atoms with Crippen molar-refractivity contribution in [1.82, 2.24) is 5.32 Å². The molecule has 0 aliphatic carbocycles. The first kappa shape index (κ1) is 21.6. The van der Waals surface area contributed by atoms with Crippen LogP contribution in [0.1, 0.15) is 17.5 Å². The number of hydrogen-bond acceptors (Lipinski definition) is 3. The lowest BCUT2D eigenvalue weighted by Crippen LogP contribution is -2.42. The van der Waals surface area contributed by atoms with Crippen molar-refractivity contribution < 1.29 is 32.1 Å². The van der Waals surface area contributed by atoms with Crippen molar-refractivity contribution in [3.63, 3.8) is 0 Å². The minimum atomic E-state index is -4.53. The van der Waals surface area contributed by atoms with Gasteiger partial charge in [0.15, 0.2) is 0 Å². The van der Waals surface area contributed by atoms with Gasteiger partial charge in [0.05, 0.1) is 22.8 Å². The summed E-state index contributed by atoms with van der Waals surface area (Å²) in [6, 6.07) is 11.5. The average Bonchev–Trinajstić information content (AvgIpc) is 2.64. The normalized spacial score (nSPS) is 13.5. The minimum Gasteiger partial charge on any atom is -0.480 e. The zero-order valence-corrected chi connectivity index (χ0v) is 15.4. The molecule has 0 saturated heterocycles. The number of aliphatic carboxylic acids is 1. The number of hydrogen-bond donors (Lipinski definition) is 2. The molecule has 0 spiro atoms. The summed E-state index contributed by atoms with van der Waals surface area (Å²) in [6.45, 7) is 0. The van der Waals surface area contributed by atoms with E-state index in [0.29, 0.717) is 4.90 Å². The van der Waals surface area contributed by atoms with E-state index in [-0.39, 0.29) is 17.7 Å². The molecule has 0 aliphatic rings. The highest BCUT2D eigenvalue weighted by atomic mass is 32.2. The lowest BCUT2D eigenvalue weighted by Gasteiger charge is -2.15. The highest BCUT2D eigenvalue weighted by Gasteiger charge is 2.30. The highest BCUT2D eigenvalue weighted by Crippen LogP contribution is 2.29. The van der Waals surface area contributed by atoms with Crippen molar-refractivity contribution in [2.45, 2.75) is 30.0 Å². The van der Waals surface area contributed by atoms with Crippen LogP contribution in [0.4, 0.5) is 13.2 Å². The molecule has 2 rings (SSSR count). The molecule has 2 aromatic rings. The Labute approximate surface area is 162 Å². The Morgan fingerprint density at radius 1 is 1.07 bits per heavy atom. The van der Waals surface area contributed by atoms with Gasteiger partial charge in [-0.2, -0.15) is 13.2 Å². The van der Waals surface area contributed by atoms with E-state index in [4.69, 9.17) is 0 Å². The molecule has 1 amide bonds. The first-order chi connectivity index (χ1) is 13.2. The number of carboxylic acid groups (broad SMARTS) is 1. The van der Waals surface area contributed by atoms with Gasteiger partial charge < -0.3 is 10.4 Å². The fraction of sp³-hybridized carbons (Fsp3) is 0.263. The first-order valence-corrected chi connectivity index (χ1v) is 9.60. The number of nitrogens with one attached hydrogen (secondary N) is 1. The Hall–Kier alpha value is -2.68. The van der Waals surface area contributed by atoms with Crippen molar-refractivity contribution >= 4 is 22.7 Å². The SMILES string of the molecule is O=C(Cc1cccc(C(F)(F)F)c1)N[C@@H](CC[S@@](=O)c1ccccc1)C(=O)O. The molecular weight excluding hydrogens is 395 g/mol. The molecule has 0 saturated carbocycles. The number of benzene rings is 2. The molecule has 0 fully saturated rings. The average molecular weight is 413 g/mol. The van der Waals surface area contributed by atoms with Crippen LogP contribution in [0.3, 0.4) is 0 Å². The van der Waals surface area contributed by atoms with Crippen LogP contribution in [-0.2, 0) is 33.0 Å². The van der Waals surface area contributed by atoms with Crippen LogP contribution < -0.4 is 5.32 Å². The van der Waals surface area contributed by atoms with Gasteiger partial charge in [-0.15, -0.1) is 0 Å². The maximum atomic E-state index is 12.7. The Balaban J connectivity index is 1.95. The molecule has 5 nitrogen and oxygen atoms in total. The van der Waals surface area contributed by atoms with E-state index in [1.54, 1.807) is 30.3 Å². The van der Waals surface area contributed by atoms with E-state index in [1.165, 1.54) is 12.1 Å². The number of carbonyl (C=O) groups excluding carboxylic acids is 1. The summed E-state index contributed by atoms with van der Waals surface area (Å²) in [7, 11) is -1.43. The molecule has 2 atom stereocenters. The molecule has 28 heavy (non-hydrogen) atoms. The molecule has 0 bridgehead atoms. The molecule has 150 valence electrons. The third-order valence-electron chi connectivity index (χ3n) is 3.85. The second-order valence-electron chi connectivity index (χ2n) is 5.98. The van der Waals surface area contributed by atoms with E-state index in [9.17, 15) is 32.1 Å². The predicted molar refractivity (Wildman–Crippen MR) is 97.0 cm³/mol. The van der Waals surface area contributed by atoms with E-state index in [1.807, 2.05) is 0 Å². The summed E-state index contributed by atoms with van der Waals surface area (Å²) in [5.41, 5.74) is -0.768. The monoisotopic (exact) mass is 413 g/mol. The van der Waals surface area contributed by atoms with Crippen molar-refractivity contribution in [1.29, 1.82) is 0 Å². The van der Waals surface area contributed by atoms with Gasteiger partial charge in [-0.3, -0.25) is 9.00 Å². The van der Waals surface area contributed by atoms with Gasteiger partial charge in [0.2, 0.25) is 5.91 Å². The lowest BCUT2D eigenvalue weighted by atomic mass is 10.1. The van der Waals surface area contributed by atoms with Crippen molar-refractivity contribution in [2.24, 2.45) is 0 Å². The maximum absolute atomic E-state index is 12.7. The van der Waals surface area contributed by atoms with Gasteiger partial charge in [0, 0.05) is 10.6 Å². The van der Waals surface area contributed by atoms with E-state index < -0.39 is 46.9 Å². The zero-order valence-electron chi connectivity index (χ0n) is 14.6.